The van der Waals surface area contributed by atoms with Gasteiger partial charge in [0.1, 0.15) is 5.82 Å². The van der Waals surface area contributed by atoms with Crippen molar-refractivity contribution in [1.29, 1.82) is 0 Å². The largest absolute Gasteiger partial charge is 0.313 e. The molecule has 3 nitrogen and oxygen atoms in total. The molecule has 0 saturated heterocycles. The summed E-state index contributed by atoms with van der Waals surface area (Å²) in [6, 6.07) is 0.779. The Labute approximate surface area is 106 Å². The highest BCUT2D eigenvalue weighted by atomic mass is 32.2. The van der Waals surface area contributed by atoms with Crippen molar-refractivity contribution in [3.05, 3.63) is 5.82 Å². The van der Waals surface area contributed by atoms with Crippen LogP contribution >= 0.6 is 23.3 Å². The van der Waals surface area contributed by atoms with E-state index in [2.05, 4.69) is 21.6 Å². The quantitative estimate of drug-likeness (QED) is 0.628. The maximum atomic E-state index is 4.44. The van der Waals surface area contributed by atoms with Crippen LogP contribution in [0, 0.1) is 0 Å². The Morgan fingerprint density at radius 2 is 2.25 bits per heavy atom. The van der Waals surface area contributed by atoms with E-state index < -0.39 is 0 Å². The second-order valence-electron chi connectivity index (χ2n) is 4.11. The highest BCUT2D eigenvalue weighted by Crippen LogP contribution is 2.20. The summed E-state index contributed by atoms with van der Waals surface area (Å²) in [5.74, 6) is 2.09. The van der Waals surface area contributed by atoms with Gasteiger partial charge in [-0.2, -0.15) is 4.37 Å². The van der Waals surface area contributed by atoms with E-state index in [0.717, 1.165) is 34.9 Å². The predicted octanol–water partition coefficient (Wildman–Crippen LogP) is 2.72. The minimum absolute atomic E-state index is 0.779. The molecule has 0 amide bonds. The fourth-order valence-corrected chi connectivity index (χ4v) is 3.61. The molecule has 0 radical (unpaired) electrons. The molecule has 1 N–H and O–H groups in total. The lowest BCUT2D eigenvalue weighted by atomic mass is 10.2. The Bertz CT molecular complexity index is 308. The minimum atomic E-state index is 0.779. The molecule has 1 aromatic heterocycles. The molecule has 0 atom stereocenters. The van der Waals surface area contributed by atoms with Crippen LogP contribution in [0.2, 0.25) is 0 Å². The second-order valence-corrected chi connectivity index (χ2v) is 6.21. The van der Waals surface area contributed by atoms with Crippen molar-refractivity contribution in [2.75, 3.05) is 12.3 Å². The third-order valence-electron chi connectivity index (χ3n) is 2.88. The summed E-state index contributed by atoms with van der Waals surface area (Å²) < 4.78 is 5.40. The average molecular weight is 257 g/mol. The van der Waals surface area contributed by atoms with Gasteiger partial charge in [0.15, 0.2) is 4.34 Å². The van der Waals surface area contributed by atoms with Crippen molar-refractivity contribution in [2.45, 2.75) is 49.4 Å². The molecule has 90 valence electrons. The molecule has 1 aromatic rings. The van der Waals surface area contributed by atoms with E-state index >= 15 is 0 Å². The monoisotopic (exact) mass is 257 g/mol. The third kappa shape index (κ3) is 3.71. The fraction of sp³-hybridized carbons (Fsp3) is 0.818. The number of aromatic nitrogens is 2. The van der Waals surface area contributed by atoms with E-state index in [1.165, 1.54) is 37.2 Å². The molecule has 0 aliphatic heterocycles. The number of hydrogen-bond donors (Lipinski definition) is 1. The van der Waals surface area contributed by atoms with Crippen LogP contribution in [0.25, 0.3) is 0 Å². The molecule has 1 heterocycles. The van der Waals surface area contributed by atoms with Crippen molar-refractivity contribution in [2.24, 2.45) is 0 Å². The molecule has 0 bridgehead atoms. The van der Waals surface area contributed by atoms with Gasteiger partial charge in [0.2, 0.25) is 0 Å². The second kappa shape index (κ2) is 6.57. The summed E-state index contributed by atoms with van der Waals surface area (Å²) in [4.78, 5) is 4.44. The maximum Gasteiger partial charge on any atom is 0.170 e. The number of thioether (sulfide) groups is 1. The highest BCUT2D eigenvalue weighted by Gasteiger charge is 2.13. The van der Waals surface area contributed by atoms with Gasteiger partial charge in [-0.25, -0.2) is 4.98 Å². The zero-order valence-electron chi connectivity index (χ0n) is 9.74. The van der Waals surface area contributed by atoms with E-state index in [-0.39, 0.29) is 0 Å². The standard InChI is InChI=1S/C11H19N3S2/c1-2-10-13-11(16-14-10)15-8-7-12-9-5-3-4-6-9/h9,12H,2-8H2,1H3. The Morgan fingerprint density at radius 1 is 1.44 bits per heavy atom. The maximum absolute atomic E-state index is 4.44. The van der Waals surface area contributed by atoms with Crippen LogP contribution in [0.3, 0.4) is 0 Å². The molecule has 1 aliphatic rings. The Hall–Kier alpha value is -0.130. The van der Waals surface area contributed by atoms with Crippen molar-refractivity contribution in [3.8, 4) is 0 Å². The summed E-state index contributed by atoms with van der Waals surface area (Å²) in [7, 11) is 0. The highest BCUT2D eigenvalue weighted by molar-refractivity contribution is 8.00. The fourth-order valence-electron chi connectivity index (χ4n) is 1.97. The van der Waals surface area contributed by atoms with Gasteiger partial charge >= 0.3 is 0 Å². The molecular weight excluding hydrogens is 238 g/mol. The lowest BCUT2D eigenvalue weighted by Crippen LogP contribution is -2.27. The van der Waals surface area contributed by atoms with E-state index in [1.54, 1.807) is 0 Å². The van der Waals surface area contributed by atoms with Crippen molar-refractivity contribution >= 4 is 23.3 Å². The molecule has 5 heteroatoms. The first kappa shape index (κ1) is 12.3. The number of nitrogens with one attached hydrogen (secondary N) is 1. The smallest absolute Gasteiger partial charge is 0.170 e. The Kier molecular flexibility index (Phi) is 5.06. The van der Waals surface area contributed by atoms with Crippen LogP contribution < -0.4 is 5.32 Å². The lowest BCUT2D eigenvalue weighted by Gasteiger charge is -2.10. The number of aryl methyl sites for hydroxylation is 1. The van der Waals surface area contributed by atoms with E-state index in [4.69, 9.17) is 0 Å². The zero-order chi connectivity index (χ0) is 11.2. The summed E-state index contributed by atoms with van der Waals surface area (Å²) in [5.41, 5.74) is 0. The summed E-state index contributed by atoms with van der Waals surface area (Å²) in [5, 5.41) is 3.61. The molecule has 1 fully saturated rings. The molecular formula is C11H19N3S2. The first-order chi connectivity index (χ1) is 7.88. The lowest BCUT2D eigenvalue weighted by molar-refractivity contribution is 0.545. The van der Waals surface area contributed by atoms with Crippen molar-refractivity contribution in [3.63, 3.8) is 0 Å². The van der Waals surface area contributed by atoms with Crippen LogP contribution in [0.15, 0.2) is 4.34 Å². The van der Waals surface area contributed by atoms with Crippen LogP contribution in [-0.2, 0) is 6.42 Å². The molecule has 0 spiro atoms. The van der Waals surface area contributed by atoms with Gasteiger partial charge < -0.3 is 5.32 Å². The van der Waals surface area contributed by atoms with Crippen LogP contribution in [-0.4, -0.2) is 27.7 Å². The normalized spacial score (nSPS) is 17.1. The van der Waals surface area contributed by atoms with Gasteiger partial charge in [0.25, 0.3) is 0 Å². The molecule has 16 heavy (non-hydrogen) atoms. The number of hydrogen-bond acceptors (Lipinski definition) is 5. The van der Waals surface area contributed by atoms with Crippen molar-refractivity contribution in [1.82, 2.24) is 14.7 Å². The first-order valence-corrected chi connectivity index (χ1v) is 7.83. The van der Waals surface area contributed by atoms with Gasteiger partial charge in [-0.05, 0) is 24.4 Å². The number of rotatable bonds is 6. The van der Waals surface area contributed by atoms with E-state index in [0.29, 0.717) is 0 Å². The molecule has 2 rings (SSSR count). The van der Waals surface area contributed by atoms with E-state index in [9.17, 15) is 0 Å². The molecule has 0 aromatic carbocycles. The van der Waals surface area contributed by atoms with Gasteiger partial charge in [-0.1, -0.05) is 31.5 Å². The van der Waals surface area contributed by atoms with Crippen molar-refractivity contribution < 1.29 is 0 Å². The topological polar surface area (TPSA) is 37.8 Å². The molecule has 1 aliphatic carbocycles. The Morgan fingerprint density at radius 3 is 2.94 bits per heavy atom. The van der Waals surface area contributed by atoms with Gasteiger partial charge in [-0.15, -0.1) is 0 Å². The summed E-state index contributed by atoms with van der Waals surface area (Å²) >= 11 is 3.35. The molecule has 1 saturated carbocycles. The van der Waals surface area contributed by atoms with Crippen LogP contribution in [0.5, 0.6) is 0 Å². The number of nitrogens with zero attached hydrogens (tertiary/aromatic N) is 2. The van der Waals surface area contributed by atoms with Gasteiger partial charge in [0.05, 0.1) is 0 Å². The third-order valence-corrected chi connectivity index (χ3v) is 4.75. The summed E-state index contributed by atoms with van der Waals surface area (Å²) in [6.45, 7) is 3.19. The average Bonchev–Trinajstić information content (AvgIpc) is 2.95. The summed E-state index contributed by atoms with van der Waals surface area (Å²) in [6.07, 6.45) is 6.48. The first-order valence-electron chi connectivity index (χ1n) is 6.07. The van der Waals surface area contributed by atoms with Gasteiger partial charge in [-0.3, -0.25) is 0 Å². The van der Waals surface area contributed by atoms with Gasteiger partial charge in [0, 0.05) is 24.8 Å². The van der Waals surface area contributed by atoms with Crippen LogP contribution in [0.4, 0.5) is 0 Å². The SMILES string of the molecule is CCc1nsc(SCCNC2CCCC2)n1. The molecule has 0 unspecified atom stereocenters. The minimum Gasteiger partial charge on any atom is -0.313 e. The van der Waals surface area contributed by atoms with Crippen LogP contribution in [0.1, 0.15) is 38.4 Å². The zero-order valence-corrected chi connectivity index (χ0v) is 11.4. The predicted molar refractivity (Wildman–Crippen MR) is 70.3 cm³/mol. The Balaban J connectivity index is 1.60. The van der Waals surface area contributed by atoms with E-state index in [1.807, 2.05) is 11.8 Å².